The van der Waals surface area contributed by atoms with E-state index >= 15 is 0 Å². The summed E-state index contributed by atoms with van der Waals surface area (Å²) in [7, 11) is 0. The molecule has 2 heterocycles. The maximum atomic E-state index is 13.5. The van der Waals surface area contributed by atoms with Gasteiger partial charge in [-0.15, -0.1) is 22.7 Å². The highest BCUT2D eigenvalue weighted by atomic mass is 32.1. The highest BCUT2D eigenvalue weighted by Crippen LogP contribution is 2.29. The van der Waals surface area contributed by atoms with Gasteiger partial charge in [0.25, 0.3) is 5.91 Å². The number of carbonyl (C=O) groups is 1. The summed E-state index contributed by atoms with van der Waals surface area (Å²) in [6.45, 7) is 4.19. The van der Waals surface area contributed by atoms with Gasteiger partial charge in [0.1, 0.15) is 5.82 Å². The van der Waals surface area contributed by atoms with Crippen LogP contribution in [0.25, 0.3) is 10.6 Å². The molecule has 124 valence electrons. The fourth-order valence-electron chi connectivity index (χ4n) is 2.26. The summed E-state index contributed by atoms with van der Waals surface area (Å²) in [4.78, 5) is 18.9. The number of hydrogen-bond donors (Lipinski definition) is 1. The van der Waals surface area contributed by atoms with Crippen LogP contribution in [-0.2, 0) is 6.42 Å². The van der Waals surface area contributed by atoms with Crippen molar-refractivity contribution >= 4 is 28.6 Å². The van der Waals surface area contributed by atoms with E-state index in [1.165, 1.54) is 10.9 Å². The molecule has 0 aliphatic carbocycles. The highest BCUT2D eigenvalue weighted by molar-refractivity contribution is 7.16. The SMILES string of the molecule is Cc1nc(-c2ccc(CCNC(=O)c3ccc(C)c(F)c3)s2)cs1. The van der Waals surface area contributed by atoms with Gasteiger partial charge in [-0.25, -0.2) is 9.37 Å². The third-order valence-corrected chi connectivity index (χ3v) is 5.57. The number of carbonyl (C=O) groups excluding carboxylic acids is 1. The molecule has 24 heavy (non-hydrogen) atoms. The van der Waals surface area contributed by atoms with Gasteiger partial charge in [0, 0.05) is 22.4 Å². The van der Waals surface area contributed by atoms with Gasteiger partial charge in [0.15, 0.2) is 0 Å². The first kappa shape index (κ1) is 16.8. The van der Waals surface area contributed by atoms with Crippen LogP contribution in [0.15, 0.2) is 35.7 Å². The summed E-state index contributed by atoms with van der Waals surface area (Å²) in [5.41, 5.74) is 1.89. The van der Waals surface area contributed by atoms with Crippen LogP contribution in [-0.4, -0.2) is 17.4 Å². The van der Waals surface area contributed by atoms with Crippen LogP contribution in [0.4, 0.5) is 4.39 Å². The van der Waals surface area contributed by atoms with Crippen molar-refractivity contribution in [3.05, 3.63) is 62.5 Å². The molecule has 0 radical (unpaired) electrons. The van der Waals surface area contributed by atoms with Crippen molar-refractivity contribution in [1.82, 2.24) is 10.3 Å². The smallest absolute Gasteiger partial charge is 0.251 e. The minimum absolute atomic E-state index is 0.249. The second-order valence-electron chi connectivity index (χ2n) is 5.49. The maximum Gasteiger partial charge on any atom is 0.251 e. The molecule has 0 atom stereocenters. The summed E-state index contributed by atoms with van der Waals surface area (Å²) >= 11 is 3.32. The van der Waals surface area contributed by atoms with Crippen molar-refractivity contribution in [2.45, 2.75) is 20.3 Å². The zero-order valence-electron chi connectivity index (χ0n) is 13.4. The van der Waals surface area contributed by atoms with Crippen molar-refractivity contribution in [1.29, 1.82) is 0 Å². The third kappa shape index (κ3) is 3.88. The molecule has 3 rings (SSSR count). The fraction of sp³-hybridized carbons (Fsp3) is 0.222. The van der Waals surface area contributed by atoms with E-state index in [1.807, 2.05) is 6.92 Å². The number of hydrogen-bond acceptors (Lipinski definition) is 4. The molecule has 0 fully saturated rings. The second kappa shape index (κ2) is 7.23. The molecule has 0 spiro atoms. The van der Waals surface area contributed by atoms with E-state index in [-0.39, 0.29) is 11.7 Å². The first-order valence-electron chi connectivity index (χ1n) is 7.58. The van der Waals surface area contributed by atoms with Crippen LogP contribution in [0, 0.1) is 19.7 Å². The summed E-state index contributed by atoms with van der Waals surface area (Å²) in [5, 5.41) is 5.94. The summed E-state index contributed by atoms with van der Waals surface area (Å²) in [5.74, 6) is -0.607. The van der Waals surface area contributed by atoms with E-state index in [0.29, 0.717) is 17.7 Å². The normalized spacial score (nSPS) is 10.8. The number of thiazole rings is 1. The summed E-state index contributed by atoms with van der Waals surface area (Å²) < 4.78 is 13.5. The molecule has 0 aliphatic heterocycles. The van der Waals surface area contributed by atoms with Crippen molar-refractivity contribution < 1.29 is 9.18 Å². The van der Waals surface area contributed by atoms with Gasteiger partial charge in [-0.3, -0.25) is 4.79 Å². The van der Waals surface area contributed by atoms with Gasteiger partial charge in [0.05, 0.1) is 15.6 Å². The predicted octanol–water partition coefficient (Wildman–Crippen LogP) is 4.60. The Bertz CT molecular complexity index is 870. The minimum atomic E-state index is -0.357. The number of aryl methyl sites for hydroxylation is 2. The number of halogens is 1. The zero-order chi connectivity index (χ0) is 17.1. The van der Waals surface area contributed by atoms with Crippen molar-refractivity contribution in [2.24, 2.45) is 0 Å². The Labute approximate surface area is 148 Å². The molecule has 1 amide bonds. The molecule has 0 unspecified atom stereocenters. The monoisotopic (exact) mass is 360 g/mol. The Kier molecular flexibility index (Phi) is 5.06. The average molecular weight is 360 g/mol. The lowest BCUT2D eigenvalue weighted by Crippen LogP contribution is -2.25. The lowest BCUT2D eigenvalue weighted by Gasteiger charge is -2.05. The Morgan fingerprint density at radius 2 is 2.08 bits per heavy atom. The summed E-state index contributed by atoms with van der Waals surface area (Å²) in [6, 6.07) is 8.66. The van der Waals surface area contributed by atoms with Crippen LogP contribution in [0.2, 0.25) is 0 Å². The fourth-order valence-corrected chi connectivity index (χ4v) is 3.92. The summed E-state index contributed by atoms with van der Waals surface area (Å²) in [6.07, 6.45) is 0.744. The molecule has 0 saturated heterocycles. The van der Waals surface area contributed by atoms with E-state index in [1.54, 1.807) is 41.7 Å². The molecule has 3 nitrogen and oxygen atoms in total. The van der Waals surface area contributed by atoms with Crippen molar-refractivity contribution in [2.75, 3.05) is 6.54 Å². The second-order valence-corrected chi connectivity index (χ2v) is 7.72. The lowest BCUT2D eigenvalue weighted by molar-refractivity contribution is 0.0953. The lowest BCUT2D eigenvalue weighted by atomic mass is 10.1. The zero-order valence-corrected chi connectivity index (χ0v) is 15.1. The standard InChI is InChI=1S/C18H17FN2OS2/c1-11-3-4-13(9-15(11)19)18(22)20-8-7-14-5-6-17(24-14)16-10-23-12(2)21-16/h3-6,9-10H,7-8H2,1-2H3,(H,20,22). The Hall–Kier alpha value is -2.05. The van der Waals surface area contributed by atoms with E-state index in [2.05, 4.69) is 27.8 Å². The molecule has 3 aromatic rings. The largest absolute Gasteiger partial charge is 0.352 e. The molecular formula is C18H17FN2OS2. The Morgan fingerprint density at radius 1 is 1.25 bits per heavy atom. The van der Waals surface area contributed by atoms with Gasteiger partial charge in [-0.1, -0.05) is 6.07 Å². The van der Waals surface area contributed by atoms with Crippen LogP contribution in [0.1, 0.15) is 25.8 Å². The van der Waals surface area contributed by atoms with E-state index in [4.69, 9.17) is 0 Å². The van der Waals surface area contributed by atoms with E-state index < -0.39 is 0 Å². The van der Waals surface area contributed by atoms with Gasteiger partial charge in [0.2, 0.25) is 0 Å². The molecule has 6 heteroatoms. The molecule has 0 bridgehead atoms. The Morgan fingerprint density at radius 3 is 2.79 bits per heavy atom. The minimum Gasteiger partial charge on any atom is -0.352 e. The predicted molar refractivity (Wildman–Crippen MR) is 97.3 cm³/mol. The van der Waals surface area contributed by atoms with Crippen LogP contribution in [0.3, 0.4) is 0 Å². The quantitative estimate of drug-likeness (QED) is 0.722. The number of benzene rings is 1. The van der Waals surface area contributed by atoms with E-state index in [9.17, 15) is 9.18 Å². The molecule has 0 aliphatic rings. The van der Waals surface area contributed by atoms with E-state index in [0.717, 1.165) is 22.0 Å². The van der Waals surface area contributed by atoms with Gasteiger partial charge in [-0.2, -0.15) is 0 Å². The van der Waals surface area contributed by atoms with Gasteiger partial charge < -0.3 is 5.32 Å². The number of aromatic nitrogens is 1. The Balaban J connectivity index is 1.55. The molecule has 1 aromatic carbocycles. The number of rotatable bonds is 5. The van der Waals surface area contributed by atoms with Crippen LogP contribution >= 0.6 is 22.7 Å². The molecule has 0 saturated carbocycles. The first-order valence-corrected chi connectivity index (χ1v) is 9.28. The number of amides is 1. The molecule has 2 aromatic heterocycles. The van der Waals surface area contributed by atoms with Crippen LogP contribution < -0.4 is 5.32 Å². The van der Waals surface area contributed by atoms with Gasteiger partial charge >= 0.3 is 0 Å². The van der Waals surface area contributed by atoms with Crippen molar-refractivity contribution in [3.63, 3.8) is 0 Å². The average Bonchev–Trinajstić information content (AvgIpc) is 3.19. The number of nitrogens with one attached hydrogen (secondary N) is 1. The topological polar surface area (TPSA) is 42.0 Å². The third-order valence-electron chi connectivity index (χ3n) is 3.62. The van der Waals surface area contributed by atoms with Crippen molar-refractivity contribution in [3.8, 4) is 10.6 Å². The van der Waals surface area contributed by atoms with Crippen LogP contribution in [0.5, 0.6) is 0 Å². The van der Waals surface area contributed by atoms with Gasteiger partial charge in [-0.05, 0) is 50.1 Å². The molecular weight excluding hydrogens is 343 g/mol. The maximum absolute atomic E-state index is 13.5. The number of nitrogens with zero attached hydrogens (tertiary/aromatic N) is 1. The first-order chi connectivity index (χ1) is 11.5. The molecule has 1 N–H and O–H groups in total. The highest BCUT2D eigenvalue weighted by Gasteiger charge is 2.09. The number of thiophene rings is 1.